The van der Waals surface area contributed by atoms with Crippen LogP contribution in [0.2, 0.25) is 0 Å². The molecular weight excluding hydrogens is 658 g/mol. The van der Waals surface area contributed by atoms with E-state index in [1.165, 1.54) is 20.8 Å². The molecular formula is C34H32F6N4O3S. The summed E-state index contributed by atoms with van der Waals surface area (Å²) in [7, 11) is 0. The smallest absolute Gasteiger partial charge is 0.419 e. The van der Waals surface area contributed by atoms with Gasteiger partial charge in [0.05, 0.1) is 22.7 Å². The molecule has 0 unspecified atom stereocenters. The summed E-state index contributed by atoms with van der Waals surface area (Å²) in [4.78, 5) is 35.1. The van der Waals surface area contributed by atoms with Gasteiger partial charge >= 0.3 is 18.4 Å². The summed E-state index contributed by atoms with van der Waals surface area (Å²) in [5.41, 5.74) is -2.34. The molecule has 0 radical (unpaired) electrons. The van der Waals surface area contributed by atoms with Gasteiger partial charge in [0.2, 0.25) is 0 Å². The number of halogens is 6. The van der Waals surface area contributed by atoms with Gasteiger partial charge in [-0.3, -0.25) is 9.36 Å². The predicted octanol–water partition coefficient (Wildman–Crippen LogP) is 8.49. The molecule has 0 spiro atoms. The topological polar surface area (TPSA) is 67.7 Å². The summed E-state index contributed by atoms with van der Waals surface area (Å²) in [6.07, 6.45) is -4.09. The summed E-state index contributed by atoms with van der Waals surface area (Å²) in [6, 6.07) is 7.20. The third kappa shape index (κ3) is 6.94. The van der Waals surface area contributed by atoms with Gasteiger partial charge in [-0.05, 0) is 69.9 Å². The second kappa shape index (κ2) is 12.3. The van der Waals surface area contributed by atoms with Crippen LogP contribution in [-0.2, 0) is 23.5 Å². The highest BCUT2D eigenvalue weighted by Gasteiger charge is 2.41. The molecule has 2 aromatic heterocycles. The van der Waals surface area contributed by atoms with Crippen molar-refractivity contribution in [2.45, 2.75) is 70.1 Å². The molecule has 1 saturated heterocycles. The van der Waals surface area contributed by atoms with Gasteiger partial charge < -0.3 is 14.5 Å². The average molecular weight is 691 g/mol. The maximum absolute atomic E-state index is 14.1. The Labute approximate surface area is 276 Å². The van der Waals surface area contributed by atoms with Crippen molar-refractivity contribution in [2.75, 3.05) is 13.1 Å². The van der Waals surface area contributed by atoms with Crippen LogP contribution in [0.1, 0.15) is 65.7 Å². The highest BCUT2D eigenvalue weighted by atomic mass is 32.1. The summed E-state index contributed by atoms with van der Waals surface area (Å²) < 4.78 is 89.5. The average Bonchev–Trinajstić information content (AvgIpc) is 3.67. The number of hydrogen-bond acceptors (Lipinski definition) is 6. The lowest BCUT2D eigenvalue weighted by Gasteiger charge is -2.48. The first-order chi connectivity index (χ1) is 22.5. The fourth-order valence-corrected chi connectivity index (χ4v) is 6.99. The molecule has 2 aliphatic heterocycles. The van der Waals surface area contributed by atoms with E-state index in [1.807, 2.05) is 17.6 Å². The number of rotatable bonds is 4. The molecule has 0 bridgehead atoms. The number of aromatic nitrogens is 2. The van der Waals surface area contributed by atoms with Gasteiger partial charge in [0.15, 0.2) is 0 Å². The maximum Gasteiger partial charge on any atom is 0.419 e. The third-order valence-electron chi connectivity index (χ3n) is 8.45. The highest BCUT2D eigenvalue weighted by Crippen LogP contribution is 2.38. The second-order valence-electron chi connectivity index (χ2n) is 13.0. The number of thiazole rings is 1. The fourth-order valence-electron chi connectivity index (χ4n) is 6.31. The monoisotopic (exact) mass is 690 g/mol. The van der Waals surface area contributed by atoms with Crippen LogP contribution < -0.4 is 0 Å². The van der Waals surface area contributed by atoms with E-state index in [2.05, 4.69) is 9.88 Å². The Morgan fingerprint density at radius 2 is 1.67 bits per heavy atom. The summed E-state index contributed by atoms with van der Waals surface area (Å²) in [6.45, 7) is 5.55. The van der Waals surface area contributed by atoms with Crippen molar-refractivity contribution in [2.24, 2.45) is 0 Å². The molecule has 2 atom stereocenters. The zero-order valence-corrected chi connectivity index (χ0v) is 27.0. The minimum absolute atomic E-state index is 0.0177. The van der Waals surface area contributed by atoms with Crippen LogP contribution in [0, 0.1) is 0 Å². The second-order valence-corrected chi connectivity index (χ2v) is 13.9. The van der Waals surface area contributed by atoms with Crippen molar-refractivity contribution < 1.29 is 40.7 Å². The van der Waals surface area contributed by atoms with E-state index in [0.29, 0.717) is 41.4 Å². The molecule has 7 nitrogen and oxygen atoms in total. The normalized spacial score (nSPS) is 18.9. The van der Waals surface area contributed by atoms with E-state index in [4.69, 9.17) is 4.74 Å². The molecule has 0 N–H and O–H groups in total. The first-order valence-electron chi connectivity index (χ1n) is 15.3. The third-order valence-corrected chi connectivity index (χ3v) is 9.30. The van der Waals surface area contributed by atoms with E-state index in [1.54, 1.807) is 51.4 Å². The lowest BCUT2D eigenvalue weighted by molar-refractivity contribution is -0.143. The number of carbonyl (C=O) groups excluding carboxylic acids is 2. The van der Waals surface area contributed by atoms with Gasteiger partial charge in [0.25, 0.3) is 5.91 Å². The van der Waals surface area contributed by atoms with Crippen molar-refractivity contribution in [1.82, 2.24) is 19.4 Å². The molecule has 2 aliphatic rings. The van der Waals surface area contributed by atoms with Crippen LogP contribution in [0.5, 0.6) is 0 Å². The number of alkyl halides is 6. The number of carbonyl (C=O) groups is 2. The summed E-state index contributed by atoms with van der Waals surface area (Å²) in [5.74, 6) is -0.929. The molecule has 0 saturated carbocycles. The van der Waals surface area contributed by atoms with Gasteiger partial charge in [0, 0.05) is 59.6 Å². The first kappa shape index (κ1) is 33.6. The largest absolute Gasteiger partial charge is 0.443 e. The lowest BCUT2D eigenvalue weighted by atomic mass is 9.92. The number of para-hydroxylation sites is 1. The number of amides is 1. The standard InChI is InChI=1S/C34H32F6N4O3S/c1-32(2,3)47-31(46)44-17-22(27-6-4-5-7-28(27)44)14-26-18-42-16-20(29-41-10-11-48-29)8-9-25(42)19-43(26)30(45)21-12-23(33(35,36)37)15-24(13-21)34(38,39)40/h4-7,10-13,15-17,25-26H,8-9,14,18-19H2,1-3H3/t25-,26-/m1/s1. The van der Waals surface area contributed by atoms with Gasteiger partial charge in [-0.25, -0.2) is 9.78 Å². The number of benzene rings is 2. The molecule has 4 heterocycles. The number of allylic oxidation sites excluding steroid dienone is 1. The number of nitrogens with zero attached hydrogens (tertiary/aromatic N) is 4. The predicted molar refractivity (Wildman–Crippen MR) is 168 cm³/mol. The molecule has 4 aromatic rings. The molecule has 14 heteroatoms. The van der Waals surface area contributed by atoms with Gasteiger partial charge in [-0.1, -0.05) is 18.2 Å². The molecule has 0 aliphatic carbocycles. The van der Waals surface area contributed by atoms with Crippen LogP contribution in [0.25, 0.3) is 16.5 Å². The molecule has 1 amide bonds. The zero-order chi connectivity index (χ0) is 34.6. The molecule has 254 valence electrons. The summed E-state index contributed by atoms with van der Waals surface area (Å²) in [5, 5.41) is 3.42. The van der Waals surface area contributed by atoms with Crippen molar-refractivity contribution in [3.8, 4) is 0 Å². The number of ether oxygens (including phenoxy) is 1. The van der Waals surface area contributed by atoms with Crippen LogP contribution in [0.3, 0.4) is 0 Å². The van der Waals surface area contributed by atoms with E-state index >= 15 is 0 Å². The molecule has 2 aromatic carbocycles. The Hall–Kier alpha value is -4.33. The Morgan fingerprint density at radius 3 is 2.29 bits per heavy atom. The van der Waals surface area contributed by atoms with E-state index in [0.717, 1.165) is 10.6 Å². The van der Waals surface area contributed by atoms with E-state index < -0.39 is 52.7 Å². The zero-order valence-electron chi connectivity index (χ0n) is 26.2. The minimum Gasteiger partial charge on any atom is -0.443 e. The number of hydrogen-bond donors (Lipinski definition) is 0. The van der Waals surface area contributed by atoms with Crippen LogP contribution >= 0.6 is 11.3 Å². The highest BCUT2D eigenvalue weighted by molar-refractivity contribution is 7.10. The van der Waals surface area contributed by atoms with Crippen LogP contribution in [-0.4, -0.2) is 62.1 Å². The van der Waals surface area contributed by atoms with Crippen molar-refractivity contribution >= 4 is 39.8 Å². The van der Waals surface area contributed by atoms with Crippen molar-refractivity contribution in [1.29, 1.82) is 0 Å². The summed E-state index contributed by atoms with van der Waals surface area (Å²) >= 11 is 1.49. The Balaban J connectivity index is 1.41. The Morgan fingerprint density at radius 1 is 0.979 bits per heavy atom. The minimum atomic E-state index is -5.10. The SMILES string of the molecule is CC(C)(C)OC(=O)n1cc(C[C@@H]2CN3C=C(c4nccs4)CC[C@@H]3CN2C(=O)c2cc(C(F)(F)F)cc(C(F)(F)F)c2)c2ccccc21. The quantitative estimate of drug-likeness (QED) is 0.201. The van der Waals surface area contributed by atoms with E-state index in [-0.39, 0.29) is 31.6 Å². The van der Waals surface area contributed by atoms with Crippen molar-refractivity contribution in [3.63, 3.8) is 0 Å². The fraction of sp³-hybridized carbons (Fsp3) is 0.382. The maximum atomic E-state index is 14.1. The first-order valence-corrected chi connectivity index (χ1v) is 16.1. The molecule has 6 rings (SSSR count). The van der Waals surface area contributed by atoms with Gasteiger partial charge in [-0.2, -0.15) is 26.3 Å². The van der Waals surface area contributed by atoms with Crippen LogP contribution in [0.15, 0.2) is 66.4 Å². The van der Waals surface area contributed by atoms with Crippen molar-refractivity contribution in [3.05, 3.63) is 93.7 Å². The van der Waals surface area contributed by atoms with Gasteiger partial charge in [-0.15, -0.1) is 11.3 Å². The van der Waals surface area contributed by atoms with E-state index in [9.17, 15) is 35.9 Å². The number of fused-ring (bicyclic) bond motifs is 2. The Bertz CT molecular complexity index is 1840. The number of piperazine rings is 1. The Kier molecular flexibility index (Phi) is 8.59. The molecule has 1 fully saturated rings. The van der Waals surface area contributed by atoms with Crippen LogP contribution in [0.4, 0.5) is 31.1 Å². The molecule has 48 heavy (non-hydrogen) atoms. The lowest BCUT2D eigenvalue weighted by Crippen LogP contribution is -2.59. The van der Waals surface area contributed by atoms with Gasteiger partial charge in [0.1, 0.15) is 10.6 Å².